The number of anilines is 1. The first kappa shape index (κ1) is 13.5. The normalized spacial score (nSPS) is 10.5. The molecule has 0 aliphatic heterocycles. The van der Waals surface area contributed by atoms with E-state index < -0.39 is 16.4 Å². The molecule has 100 valence electrons. The second kappa shape index (κ2) is 5.36. The number of nitrogens with one attached hydrogen (secondary N) is 1. The zero-order valence-electron chi connectivity index (χ0n) is 10.6. The number of nitro groups is 1. The minimum Gasteiger partial charge on any atom is -0.381 e. The van der Waals surface area contributed by atoms with Crippen molar-refractivity contribution in [3.8, 4) is 0 Å². The maximum atomic E-state index is 13.2. The predicted molar refractivity (Wildman–Crippen MR) is 74.2 cm³/mol. The molecule has 0 bridgehead atoms. The van der Waals surface area contributed by atoms with E-state index in [1.165, 1.54) is 21.9 Å². The van der Waals surface area contributed by atoms with Crippen LogP contribution in [-0.2, 0) is 6.54 Å². The van der Waals surface area contributed by atoms with Crippen LogP contribution >= 0.6 is 11.3 Å². The molecule has 0 fully saturated rings. The van der Waals surface area contributed by atoms with E-state index in [4.69, 9.17) is 0 Å². The number of nitrogens with zero attached hydrogens (tertiary/aromatic N) is 1. The Balaban J connectivity index is 2.14. The molecule has 2 aromatic rings. The van der Waals surface area contributed by atoms with E-state index in [-0.39, 0.29) is 0 Å². The Hall–Kier alpha value is -1.95. The second-order valence-corrected chi connectivity index (χ2v) is 5.68. The molecule has 4 nitrogen and oxygen atoms in total. The lowest BCUT2D eigenvalue weighted by Crippen LogP contribution is -2.01. The van der Waals surface area contributed by atoms with Crippen molar-refractivity contribution < 1.29 is 9.31 Å². The Kier molecular flexibility index (Phi) is 3.80. The number of rotatable bonds is 4. The van der Waals surface area contributed by atoms with Crippen molar-refractivity contribution in [2.24, 2.45) is 0 Å². The van der Waals surface area contributed by atoms with Gasteiger partial charge in [0.25, 0.3) is 0 Å². The van der Waals surface area contributed by atoms with E-state index in [9.17, 15) is 14.5 Å². The van der Waals surface area contributed by atoms with E-state index >= 15 is 0 Å². The summed E-state index contributed by atoms with van der Waals surface area (Å²) in [5, 5.41) is 13.7. The molecule has 0 saturated heterocycles. The molecular weight excluding hydrogens is 267 g/mol. The summed E-state index contributed by atoms with van der Waals surface area (Å²) in [5.41, 5.74) is 1.18. The third-order valence-corrected chi connectivity index (χ3v) is 3.78. The highest BCUT2D eigenvalue weighted by molar-refractivity contribution is 7.12. The van der Waals surface area contributed by atoms with Gasteiger partial charge < -0.3 is 5.32 Å². The summed E-state index contributed by atoms with van der Waals surface area (Å²) in [4.78, 5) is 12.4. The zero-order valence-corrected chi connectivity index (χ0v) is 11.4. The molecule has 0 aliphatic rings. The van der Waals surface area contributed by atoms with Gasteiger partial charge in [-0.25, -0.2) is 0 Å². The van der Waals surface area contributed by atoms with Gasteiger partial charge in [-0.05, 0) is 37.6 Å². The number of nitro benzene ring substituents is 1. The van der Waals surface area contributed by atoms with Crippen molar-refractivity contribution in [3.05, 3.63) is 55.5 Å². The fraction of sp³-hybridized carbons (Fsp3) is 0.231. The first-order valence-electron chi connectivity index (χ1n) is 5.71. The fourth-order valence-corrected chi connectivity index (χ4v) is 2.77. The van der Waals surface area contributed by atoms with Gasteiger partial charge in [-0.1, -0.05) is 0 Å². The quantitative estimate of drug-likeness (QED) is 0.679. The number of benzene rings is 1. The standard InChI is InChI=1S/C13H13FN2O2S/c1-8-5-10(9(2)19-8)7-15-11-3-4-12(14)13(6-11)16(17)18/h3-6,15H,7H2,1-2H3. The third kappa shape index (κ3) is 3.08. The van der Waals surface area contributed by atoms with Gasteiger partial charge in [0.15, 0.2) is 0 Å². The largest absolute Gasteiger partial charge is 0.381 e. The highest BCUT2D eigenvalue weighted by Gasteiger charge is 2.14. The minimum atomic E-state index is -0.821. The number of aryl methyl sites for hydroxylation is 2. The maximum Gasteiger partial charge on any atom is 0.306 e. The lowest BCUT2D eigenvalue weighted by atomic mass is 10.2. The highest BCUT2D eigenvalue weighted by Crippen LogP contribution is 2.24. The SMILES string of the molecule is Cc1cc(CNc2ccc(F)c([N+](=O)[O-])c2)c(C)s1. The molecule has 0 saturated carbocycles. The molecule has 0 unspecified atom stereocenters. The molecule has 1 aromatic heterocycles. The van der Waals surface area contributed by atoms with Crippen molar-refractivity contribution in [3.63, 3.8) is 0 Å². The van der Waals surface area contributed by atoms with Gasteiger partial charge >= 0.3 is 5.69 Å². The monoisotopic (exact) mass is 280 g/mol. The molecule has 0 radical (unpaired) electrons. The summed E-state index contributed by atoms with van der Waals surface area (Å²) in [6.07, 6.45) is 0. The van der Waals surface area contributed by atoms with Gasteiger partial charge in [0, 0.05) is 28.1 Å². The van der Waals surface area contributed by atoms with Crippen LogP contribution < -0.4 is 5.32 Å². The van der Waals surface area contributed by atoms with E-state index in [1.54, 1.807) is 11.3 Å². The molecule has 0 atom stereocenters. The molecule has 1 heterocycles. The summed E-state index contributed by atoms with van der Waals surface area (Å²) in [7, 11) is 0. The lowest BCUT2D eigenvalue weighted by Gasteiger charge is -2.06. The molecule has 6 heteroatoms. The molecule has 0 spiro atoms. The Morgan fingerprint density at radius 1 is 1.37 bits per heavy atom. The molecule has 1 N–H and O–H groups in total. The highest BCUT2D eigenvalue weighted by atomic mass is 32.1. The number of hydrogen-bond donors (Lipinski definition) is 1. The van der Waals surface area contributed by atoms with Crippen molar-refractivity contribution in [1.29, 1.82) is 0 Å². The van der Waals surface area contributed by atoms with Crippen LogP contribution in [0.4, 0.5) is 15.8 Å². The zero-order chi connectivity index (χ0) is 14.0. The number of hydrogen-bond acceptors (Lipinski definition) is 4. The minimum absolute atomic E-state index is 0.511. The predicted octanol–water partition coefficient (Wildman–Crippen LogP) is 4.02. The van der Waals surface area contributed by atoms with E-state index in [1.807, 2.05) is 13.8 Å². The number of halogens is 1. The van der Waals surface area contributed by atoms with Crippen LogP contribution in [0, 0.1) is 29.8 Å². The Labute approximate surface area is 114 Å². The second-order valence-electron chi connectivity index (χ2n) is 4.22. The Bertz CT molecular complexity index is 625. The van der Waals surface area contributed by atoms with Crippen molar-refractivity contribution in [2.75, 3.05) is 5.32 Å². The molecule has 1 aromatic carbocycles. The first-order valence-corrected chi connectivity index (χ1v) is 6.52. The molecule has 0 aliphatic carbocycles. The van der Waals surface area contributed by atoms with Crippen LogP contribution in [-0.4, -0.2) is 4.92 Å². The topological polar surface area (TPSA) is 55.2 Å². The van der Waals surface area contributed by atoms with Gasteiger partial charge in [-0.3, -0.25) is 10.1 Å². The van der Waals surface area contributed by atoms with Crippen molar-refractivity contribution >= 4 is 22.7 Å². The van der Waals surface area contributed by atoms with Crippen LogP contribution in [0.5, 0.6) is 0 Å². The molecular formula is C13H13FN2O2S. The summed E-state index contributed by atoms with van der Waals surface area (Å²) < 4.78 is 13.2. The van der Waals surface area contributed by atoms with Gasteiger partial charge in [0.05, 0.1) is 4.92 Å². The van der Waals surface area contributed by atoms with E-state index in [0.717, 1.165) is 11.6 Å². The lowest BCUT2D eigenvalue weighted by molar-refractivity contribution is -0.387. The van der Waals surface area contributed by atoms with Crippen LogP contribution in [0.3, 0.4) is 0 Å². The summed E-state index contributed by atoms with van der Waals surface area (Å²) in [6, 6.07) is 5.89. The van der Waals surface area contributed by atoms with Gasteiger partial charge in [0.1, 0.15) is 0 Å². The van der Waals surface area contributed by atoms with Crippen LogP contribution in [0.15, 0.2) is 24.3 Å². The van der Waals surface area contributed by atoms with E-state index in [0.29, 0.717) is 12.2 Å². The summed E-state index contributed by atoms with van der Waals surface area (Å²) >= 11 is 1.71. The van der Waals surface area contributed by atoms with Crippen molar-refractivity contribution in [1.82, 2.24) is 0 Å². The van der Waals surface area contributed by atoms with Crippen LogP contribution in [0.1, 0.15) is 15.3 Å². The third-order valence-electron chi connectivity index (χ3n) is 2.77. The van der Waals surface area contributed by atoms with Crippen LogP contribution in [0.2, 0.25) is 0 Å². The fourth-order valence-electron chi connectivity index (χ4n) is 1.82. The summed E-state index contributed by atoms with van der Waals surface area (Å²) in [5.74, 6) is -0.821. The van der Waals surface area contributed by atoms with Crippen LogP contribution in [0.25, 0.3) is 0 Å². The molecule has 19 heavy (non-hydrogen) atoms. The van der Waals surface area contributed by atoms with Gasteiger partial charge in [-0.15, -0.1) is 11.3 Å². The number of thiophene rings is 1. The smallest absolute Gasteiger partial charge is 0.306 e. The van der Waals surface area contributed by atoms with Crippen molar-refractivity contribution in [2.45, 2.75) is 20.4 Å². The van der Waals surface area contributed by atoms with Gasteiger partial charge in [0.2, 0.25) is 5.82 Å². The van der Waals surface area contributed by atoms with Gasteiger partial charge in [-0.2, -0.15) is 4.39 Å². The molecule has 0 amide bonds. The Morgan fingerprint density at radius 3 is 2.68 bits per heavy atom. The summed E-state index contributed by atoms with van der Waals surface area (Å²) in [6.45, 7) is 4.63. The first-order chi connectivity index (χ1) is 8.97. The maximum absolute atomic E-state index is 13.2. The average Bonchev–Trinajstić information content (AvgIpc) is 2.66. The molecule has 2 rings (SSSR count). The average molecular weight is 280 g/mol. The van der Waals surface area contributed by atoms with E-state index in [2.05, 4.69) is 11.4 Å². The Morgan fingerprint density at radius 2 is 2.11 bits per heavy atom.